The third-order valence-corrected chi connectivity index (χ3v) is 6.47. The van der Waals surface area contributed by atoms with Crippen LogP contribution in [0.4, 0.5) is 5.69 Å². The van der Waals surface area contributed by atoms with Crippen LogP contribution in [0.3, 0.4) is 0 Å². The quantitative estimate of drug-likeness (QED) is 0.539. The van der Waals surface area contributed by atoms with Crippen molar-refractivity contribution in [3.05, 3.63) is 70.2 Å². The molecule has 1 aliphatic rings. The molecule has 3 aromatic rings. The van der Waals surface area contributed by atoms with E-state index in [1.165, 1.54) is 0 Å². The van der Waals surface area contributed by atoms with Crippen molar-refractivity contribution in [2.75, 3.05) is 25.5 Å². The molecule has 176 valence electrons. The smallest absolute Gasteiger partial charge is 0.286 e. The second-order valence-electron chi connectivity index (χ2n) is 7.85. The molecule has 0 aliphatic carbocycles. The van der Waals surface area contributed by atoms with Gasteiger partial charge in [0.2, 0.25) is 15.9 Å². The second-order valence-corrected chi connectivity index (χ2v) is 8.83. The molecular weight excluding hydrogens is 454 g/mol. The molecule has 1 aromatic heterocycles. The van der Waals surface area contributed by atoms with Gasteiger partial charge in [-0.2, -0.15) is 0 Å². The van der Waals surface area contributed by atoms with Crippen molar-refractivity contribution in [1.82, 2.24) is 20.4 Å². The van der Waals surface area contributed by atoms with Gasteiger partial charge in [-0.3, -0.25) is 14.4 Å². The van der Waals surface area contributed by atoms with Gasteiger partial charge in [0.05, 0.1) is 13.0 Å². The second kappa shape index (κ2) is 10.9. The highest BCUT2D eigenvalue weighted by Gasteiger charge is 2.31. The highest BCUT2D eigenvalue weighted by Crippen LogP contribution is 2.22. The van der Waals surface area contributed by atoms with Gasteiger partial charge in [-0.15, -0.1) is 10.2 Å². The minimum absolute atomic E-state index is 0.107. The number of anilines is 1. The first-order valence-corrected chi connectivity index (χ1v) is 11.8. The Balaban J connectivity index is 1.34. The lowest BCUT2D eigenvalue weighted by molar-refractivity contribution is -0.126. The van der Waals surface area contributed by atoms with Crippen molar-refractivity contribution in [2.24, 2.45) is 5.92 Å². The van der Waals surface area contributed by atoms with Crippen LogP contribution in [-0.2, 0) is 11.3 Å². The van der Waals surface area contributed by atoms with Gasteiger partial charge in [0, 0.05) is 30.9 Å². The van der Waals surface area contributed by atoms with Crippen molar-refractivity contribution < 1.29 is 19.1 Å². The molecule has 1 saturated heterocycles. The Bertz CT molecular complexity index is 1170. The van der Waals surface area contributed by atoms with Crippen LogP contribution >= 0.6 is 11.3 Å². The normalized spacial score (nSPS) is 15.4. The molecular formula is C24H25N5O4S. The average molecular weight is 480 g/mol. The summed E-state index contributed by atoms with van der Waals surface area (Å²) < 4.78 is 5.33. The maximum absolute atomic E-state index is 13.0. The topological polar surface area (TPSA) is 114 Å². The standard InChI is InChI=1S/C24H25N5O4S/c1-33-19-12-6-5-8-16(19)14-25-20(30)17-9-7-13-29(15-17)24(32)23-28-27-22(34-23)21(31)26-18-10-3-2-4-11-18/h2-6,8,10-12,17H,7,9,13-15H2,1H3,(H,25,30)(H,26,31)/t17-/m0/s1. The molecule has 0 unspecified atom stereocenters. The van der Waals surface area contributed by atoms with E-state index in [2.05, 4.69) is 20.8 Å². The van der Waals surface area contributed by atoms with Gasteiger partial charge in [-0.05, 0) is 31.0 Å². The number of benzene rings is 2. The van der Waals surface area contributed by atoms with Crippen molar-refractivity contribution >= 4 is 34.7 Å². The predicted molar refractivity (Wildman–Crippen MR) is 128 cm³/mol. The first-order valence-electron chi connectivity index (χ1n) is 10.9. The Morgan fingerprint density at radius 2 is 1.79 bits per heavy atom. The summed E-state index contributed by atoms with van der Waals surface area (Å²) in [6, 6.07) is 16.5. The predicted octanol–water partition coefficient (Wildman–Crippen LogP) is 2.97. The number of nitrogens with zero attached hydrogens (tertiary/aromatic N) is 3. The fourth-order valence-corrected chi connectivity index (χ4v) is 4.50. The summed E-state index contributed by atoms with van der Waals surface area (Å²) in [5.74, 6) is -0.454. The molecule has 4 rings (SSSR count). The summed E-state index contributed by atoms with van der Waals surface area (Å²) in [5.41, 5.74) is 1.52. The zero-order valence-electron chi connectivity index (χ0n) is 18.7. The molecule has 0 saturated carbocycles. The minimum atomic E-state index is -0.421. The number of methoxy groups -OCH3 is 1. The Hall–Kier alpha value is -3.79. The zero-order valence-corrected chi connectivity index (χ0v) is 19.5. The molecule has 10 heteroatoms. The lowest BCUT2D eigenvalue weighted by atomic mass is 9.97. The number of amides is 3. The molecule has 0 radical (unpaired) electrons. The fraction of sp³-hybridized carbons (Fsp3) is 0.292. The number of hydrogen-bond acceptors (Lipinski definition) is 7. The maximum atomic E-state index is 13.0. The first-order chi connectivity index (χ1) is 16.5. The van der Waals surface area contributed by atoms with Gasteiger partial charge < -0.3 is 20.3 Å². The zero-order chi connectivity index (χ0) is 23.9. The van der Waals surface area contributed by atoms with Crippen LogP contribution in [0, 0.1) is 5.92 Å². The van der Waals surface area contributed by atoms with E-state index in [0.29, 0.717) is 43.9 Å². The Labute approximate surface area is 201 Å². The largest absolute Gasteiger partial charge is 0.496 e. The van der Waals surface area contributed by atoms with E-state index in [9.17, 15) is 14.4 Å². The van der Waals surface area contributed by atoms with Gasteiger partial charge in [0.1, 0.15) is 5.75 Å². The van der Waals surface area contributed by atoms with E-state index >= 15 is 0 Å². The van der Waals surface area contributed by atoms with Crippen LogP contribution in [0.1, 0.15) is 38.0 Å². The molecule has 0 bridgehead atoms. The molecule has 0 spiro atoms. The van der Waals surface area contributed by atoms with E-state index in [1.54, 1.807) is 24.1 Å². The lowest BCUT2D eigenvalue weighted by Gasteiger charge is -2.31. The Kier molecular flexibility index (Phi) is 7.48. The summed E-state index contributed by atoms with van der Waals surface area (Å²) in [5, 5.41) is 13.7. The Morgan fingerprint density at radius 1 is 1.06 bits per heavy atom. The summed E-state index contributed by atoms with van der Waals surface area (Å²) in [4.78, 5) is 39.8. The fourth-order valence-electron chi connectivity index (χ4n) is 3.79. The summed E-state index contributed by atoms with van der Waals surface area (Å²) in [6.45, 7) is 1.17. The van der Waals surface area contributed by atoms with E-state index in [1.807, 2.05) is 42.5 Å². The van der Waals surface area contributed by atoms with Crippen molar-refractivity contribution in [3.63, 3.8) is 0 Å². The number of piperidine rings is 1. The molecule has 2 heterocycles. The van der Waals surface area contributed by atoms with Gasteiger partial charge in [-0.1, -0.05) is 47.7 Å². The lowest BCUT2D eigenvalue weighted by Crippen LogP contribution is -2.45. The number of likely N-dealkylation sites (tertiary alicyclic amines) is 1. The van der Waals surface area contributed by atoms with E-state index < -0.39 is 5.91 Å². The molecule has 3 amide bonds. The Morgan fingerprint density at radius 3 is 2.59 bits per heavy atom. The van der Waals surface area contributed by atoms with E-state index in [-0.39, 0.29) is 27.7 Å². The van der Waals surface area contributed by atoms with E-state index in [4.69, 9.17) is 4.74 Å². The summed E-state index contributed by atoms with van der Waals surface area (Å²) >= 11 is 0.943. The van der Waals surface area contributed by atoms with Crippen molar-refractivity contribution in [1.29, 1.82) is 0 Å². The number of carbonyl (C=O) groups is 3. The van der Waals surface area contributed by atoms with E-state index in [0.717, 1.165) is 16.9 Å². The molecule has 2 N–H and O–H groups in total. The van der Waals surface area contributed by atoms with Crippen LogP contribution in [0.25, 0.3) is 0 Å². The number of rotatable bonds is 7. The highest BCUT2D eigenvalue weighted by molar-refractivity contribution is 7.15. The van der Waals surface area contributed by atoms with Crippen LogP contribution in [0.15, 0.2) is 54.6 Å². The SMILES string of the molecule is COc1ccccc1CNC(=O)[C@H]1CCCN(C(=O)c2nnc(C(=O)Nc3ccccc3)s2)C1. The molecule has 9 nitrogen and oxygen atoms in total. The molecule has 1 aliphatic heterocycles. The monoisotopic (exact) mass is 479 g/mol. The molecule has 34 heavy (non-hydrogen) atoms. The minimum Gasteiger partial charge on any atom is -0.496 e. The van der Waals surface area contributed by atoms with Crippen LogP contribution in [0.5, 0.6) is 5.75 Å². The number of ether oxygens (including phenoxy) is 1. The van der Waals surface area contributed by atoms with Gasteiger partial charge in [0.15, 0.2) is 0 Å². The van der Waals surface area contributed by atoms with Crippen LogP contribution in [-0.4, -0.2) is 53.0 Å². The van der Waals surface area contributed by atoms with Crippen LogP contribution < -0.4 is 15.4 Å². The molecule has 2 aromatic carbocycles. The molecule has 1 fully saturated rings. The highest BCUT2D eigenvalue weighted by atomic mass is 32.1. The van der Waals surface area contributed by atoms with Gasteiger partial charge >= 0.3 is 0 Å². The number of hydrogen-bond donors (Lipinski definition) is 2. The van der Waals surface area contributed by atoms with Crippen molar-refractivity contribution in [3.8, 4) is 5.75 Å². The third-order valence-electron chi connectivity index (χ3n) is 5.56. The van der Waals surface area contributed by atoms with Gasteiger partial charge in [0.25, 0.3) is 11.8 Å². The number of carbonyl (C=O) groups excluding carboxylic acids is 3. The maximum Gasteiger partial charge on any atom is 0.286 e. The number of aromatic nitrogens is 2. The summed E-state index contributed by atoms with van der Waals surface area (Å²) in [7, 11) is 1.59. The van der Waals surface area contributed by atoms with Gasteiger partial charge in [-0.25, -0.2) is 0 Å². The van der Waals surface area contributed by atoms with Crippen LogP contribution in [0.2, 0.25) is 0 Å². The molecule has 1 atom stereocenters. The number of para-hydroxylation sites is 2. The summed E-state index contributed by atoms with van der Waals surface area (Å²) in [6.07, 6.45) is 1.40. The van der Waals surface area contributed by atoms with Crippen molar-refractivity contribution in [2.45, 2.75) is 19.4 Å². The number of nitrogens with one attached hydrogen (secondary N) is 2. The third kappa shape index (κ3) is 5.57. The average Bonchev–Trinajstić information content (AvgIpc) is 3.38. The first kappa shape index (κ1) is 23.4.